The van der Waals surface area contributed by atoms with E-state index in [-0.39, 0.29) is 11.8 Å². The fourth-order valence-corrected chi connectivity index (χ4v) is 3.45. The number of nitrogens with zero attached hydrogens (tertiary/aromatic N) is 2. The Labute approximate surface area is 176 Å². The van der Waals surface area contributed by atoms with Gasteiger partial charge in [-0.05, 0) is 42.3 Å². The lowest BCUT2D eigenvalue weighted by Gasteiger charge is -2.37. The summed E-state index contributed by atoms with van der Waals surface area (Å²) in [5, 5.41) is 3.44. The molecular weight excluding hydrogens is 390 g/mol. The van der Waals surface area contributed by atoms with E-state index in [1.54, 1.807) is 30.5 Å². The SMILES string of the molecule is CC(C)CC(=O)N1CCN(c2ccc(Cl)cc2NC(=O)/C=C/c2ccco2)CC1. The first-order chi connectivity index (χ1) is 13.9. The van der Waals surface area contributed by atoms with Crippen molar-refractivity contribution in [3.63, 3.8) is 0 Å². The highest BCUT2D eigenvalue weighted by atomic mass is 35.5. The van der Waals surface area contributed by atoms with Crippen LogP contribution in [0.2, 0.25) is 5.02 Å². The number of rotatable bonds is 6. The normalized spacial score (nSPS) is 14.6. The zero-order chi connectivity index (χ0) is 20.8. The molecular formula is C22H26ClN3O3. The van der Waals surface area contributed by atoms with E-state index in [1.165, 1.54) is 6.08 Å². The number of hydrogen-bond donors (Lipinski definition) is 1. The number of amides is 2. The smallest absolute Gasteiger partial charge is 0.248 e. The van der Waals surface area contributed by atoms with Gasteiger partial charge in [-0.2, -0.15) is 0 Å². The van der Waals surface area contributed by atoms with Gasteiger partial charge < -0.3 is 19.5 Å². The fourth-order valence-electron chi connectivity index (χ4n) is 3.28. The maximum absolute atomic E-state index is 12.3. The molecule has 1 aliphatic rings. The summed E-state index contributed by atoms with van der Waals surface area (Å²) < 4.78 is 5.20. The van der Waals surface area contributed by atoms with E-state index >= 15 is 0 Å². The number of furan rings is 1. The molecule has 0 unspecified atom stereocenters. The summed E-state index contributed by atoms with van der Waals surface area (Å²) in [6, 6.07) is 8.99. The Kier molecular flexibility index (Phi) is 6.99. The average molecular weight is 416 g/mol. The summed E-state index contributed by atoms with van der Waals surface area (Å²) in [5.74, 6) is 0.893. The van der Waals surface area contributed by atoms with Gasteiger partial charge >= 0.3 is 0 Å². The quantitative estimate of drug-likeness (QED) is 0.715. The minimum Gasteiger partial charge on any atom is -0.465 e. The molecule has 0 spiro atoms. The summed E-state index contributed by atoms with van der Waals surface area (Å²) >= 11 is 6.15. The van der Waals surface area contributed by atoms with Crippen molar-refractivity contribution in [3.05, 3.63) is 53.5 Å². The van der Waals surface area contributed by atoms with Crippen molar-refractivity contribution < 1.29 is 14.0 Å². The van der Waals surface area contributed by atoms with Crippen molar-refractivity contribution in [1.29, 1.82) is 0 Å². The number of hydrogen-bond acceptors (Lipinski definition) is 4. The van der Waals surface area contributed by atoms with E-state index in [2.05, 4.69) is 24.1 Å². The van der Waals surface area contributed by atoms with Gasteiger partial charge in [-0.25, -0.2) is 0 Å². The van der Waals surface area contributed by atoms with Crippen LogP contribution in [0.15, 0.2) is 47.1 Å². The Morgan fingerprint density at radius 2 is 1.97 bits per heavy atom. The van der Waals surface area contributed by atoms with Crippen LogP contribution in [0.3, 0.4) is 0 Å². The molecule has 2 heterocycles. The topological polar surface area (TPSA) is 65.8 Å². The lowest BCUT2D eigenvalue weighted by atomic mass is 10.1. The summed E-state index contributed by atoms with van der Waals surface area (Å²) in [7, 11) is 0. The number of anilines is 2. The van der Waals surface area contributed by atoms with E-state index in [0.717, 1.165) is 5.69 Å². The summed E-state index contributed by atoms with van der Waals surface area (Å²) in [4.78, 5) is 28.7. The van der Waals surface area contributed by atoms with Crippen molar-refractivity contribution in [2.24, 2.45) is 5.92 Å². The van der Waals surface area contributed by atoms with E-state index in [1.807, 2.05) is 17.0 Å². The standard InChI is InChI=1S/C22H26ClN3O3/c1-16(2)14-22(28)26-11-9-25(10-12-26)20-7-5-17(23)15-19(20)24-21(27)8-6-18-4-3-13-29-18/h3-8,13,15-16H,9-12,14H2,1-2H3,(H,24,27)/b8-6+. The Hall–Kier alpha value is -2.73. The molecule has 6 nitrogen and oxygen atoms in total. The number of nitrogens with one attached hydrogen (secondary N) is 1. The third-order valence-corrected chi connectivity index (χ3v) is 4.95. The van der Waals surface area contributed by atoms with E-state index < -0.39 is 0 Å². The van der Waals surface area contributed by atoms with Crippen LogP contribution in [0, 0.1) is 5.92 Å². The van der Waals surface area contributed by atoms with Gasteiger partial charge in [-0.1, -0.05) is 25.4 Å². The van der Waals surface area contributed by atoms with Crippen molar-refractivity contribution in [1.82, 2.24) is 4.90 Å². The molecule has 3 rings (SSSR count). The number of carbonyl (C=O) groups is 2. The molecule has 7 heteroatoms. The van der Waals surface area contributed by atoms with Crippen LogP contribution in [0.25, 0.3) is 6.08 Å². The van der Waals surface area contributed by atoms with Gasteiger partial charge in [-0.15, -0.1) is 0 Å². The summed E-state index contributed by atoms with van der Waals surface area (Å²) in [5.41, 5.74) is 1.54. The molecule has 154 valence electrons. The highest BCUT2D eigenvalue weighted by Gasteiger charge is 2.23. The maximum atomic E-state index is 12.3. The molecule has 1 fully saturated rings. The first-order valence-corrected chi connectivity index (χ1v) is 10.1. The van der Waals surface area contributed by atoms with Gasteiger partial charge in [0.25, 0.3) is 0 Å². The highest BCUT2D eigenvalue weighted by Crippen LogP contribution is 2.30. The average Bonchev–Trinajstić information content (AvgIpc) is 3.20. The predicted molar refractivity (Wildman–Crippen MR) is 116 cm³/mol. The van der Waals surface area contributed by atoms with Crippen LogP contribution in [-0.2, 0) is 9.59 Å². The van der Waals surface area contributed by atoms with Gasteiger partial charge in [0, 0.05) is 43.7 Å². The number of carbonyl (C=O) groups excluding carboxylic acids is 2. The van der Waals surface area contributed by atoms with Gasteiger partial charge in [-0.3, -0.25) is 9.59 Å². The molecule has 1 aromatic carbocycles. The Bertz CT molecular complexity index is 869. The number of benzene rings is 1. The van der Waals surface area contributed by atoms with Crippen molar-refractivity contribution in [2.75, 3.05) is 36.4 Å². The van der Waals surface area contributed by atoms with Crippen LogP contribution in [-0.4, -0.2) is 42.9 Å². The Morgan fingerprint density at radius 3 is 2.62 bits per heavy atom. The van der Waals surface area contributed by atoms with Crippen LogP contribution < -0.4 is 10.2 Å². The van der Waals surface area contributed by atoms with Gasteiger partial charge in [0.15, 0.2) is 0 Å². The zero-order valence-electron chi connectivity index (χ0n) is 16.7. The lowest BCUT2D eigenvalue weighted by Crippen LogP contribution is -2.49. The summed E-state index contributed by atoms with van der Waals surface area (Å²) in [6.45, 7) is 6.85. The third-order valence-electron chi connectivity index (χ3n) is 4.71. The van der Waals surface area contributed by atoms with Gasteiger partial charge in [0.2, 0.25) is 11.8 Å². The van der Waals surface area contributed by atoms with E-state index in [4.69, 9.17) is 16.0 Å². The Balaban J connectivity index is 1.66. The van der Waals surface area contributed by atoms with Crippen molar-refractivity contribution in [2.45, 2.75) is 20.3 Å². The molecule has 1 N–H and O–H groups in total. The molecule has 2 aromatic rings. The molecule has 0 atom stereocenters. The predicted octanol–water partition coefficient (Wildman–Crippen LogP) is 4.28. The third kappa shape index (κ3) is 5.87. The van der Waals surface area contributed by atoms with Crippen LogP contribution >= 0.6 is 11.6 Å². The second-order valence-electron chi connectivity index (χ2n) is 7.47. The highest BCUT2D eigenvalue weighted by molar-refractivity contribution is 6.31. The number of piperazine rings is 1. The molecule has 1 saturated heterocycles. The van der Waals surface area contributed by atoms with Crippen molar-refractivity contribution in [3.8, 4) is 0 Å². The lowest BCUT2D eigenvalue weighted by molar-refractivity contribution is -0.132. The molecule has 1 aliphatic heterocycles. The van der Waals surface area contributed by atoms with E-state index in [0.29, 0.717) is 55.0 Å². The molecule has 1 aromatic heterocycles. The second-order valence-corrected chi connectivity index (χ2v) is 7.90. The molecule has 0 bridgehead atoms. The first kappa shape index (κ1) is 21.0. The molecule has 0 radical (unpaired) electrons. The zero-order valence-corrected chi connectivity index (χ0v) is 17.5. The molecule has 2 amide bonds. The van der Waals surface area contributed by atoms with Crippen LogP contribution in [0.1, 0.15) is 26.0 Å². The number of halogens is 1. The minimum absolute atomic E-state index is 0.201. The van der Waals surface area contributed by atoms with Gasteiger partial charge in [0.05, 0.1) is 17.6 Å². The maximum Gasteiger partial charge on any atom is 0.248 e. The largest absolute Gasteiger partial charge is 0.465 e. The summed E-state index contributed by atoms with van der Waals surface area (Å²) in [6.07, 6.45) is 5.16. The minimum atomic E-state index is -0.268. The van der Waals surface area contributed by atoms with Crippen molar-refractivity contribution >= 4 is 40.9 Å². The molecule has 0 saturated carbocycles. The molecule has 0 aliphatic carbocycles. The molecule has 29 heavy (non-hydrogen) atoms. The van der Waals surface area contributed by atoms with Gasteiger partial charge in [0.1, 0.15) is 5.76 Å². The van der Waals surface area contributed by atoms with E-state index in [9.17, 15) is 9.59 Å². The first-order valence-electron chi connectivity index (χ1n) is 9.77. The monoisotopic (exact) mass is 415 g/mol. The second kappa shape index (κ2) is 9.65. The fraction of sp³-hybridized carbons (Fsp3) is 0.364. The van der Waals surface area contributed by atoms with Crippen LogP contribution in [0.4, 0.5) is 11.4 Å². The van der Waals surface area contributed by atoms with Crippen LogP contribution in [0.5, 0.6) is 0 Å². The Morgan fingerprint density at radius 1 is 1.21 bits per heavy atom.